The number of anilines is 2. The third-order valence-electron chi connectivity index (χ3n) is 4.76. The number of methoxy groups -OCH3 is 1. The minimum absolute atomic E-state index is 0.0423. The number of rotatable bonds is 5. The van der Waals surface area contributed by atoms with Crippen LogP contribution in [0.4, 0.5) is 11.4 Å². The zero-order chi connectivity index (χ0) is 19.5. The highest BCUT2D eigenvalue weighted by Gasteiger charge is 2.34. The zero-order valence-electron chi connectivity index (χ0n) is 15.9. The minimum Gasteiger partial charge on any atom is -0.493 e. The van der Waals surface area contributed by atoms with Gasteiger partial charge in [-0.25, -0.2) is 0 Å². The second-order valence-corrected chi connectivity index (χ2v) is 6.45. The standard InChI is InChI=1S/C23H22N2O3/c1-3-28-21-15-16(13-14-20(21)27-2)22-24-19-12-8-7-11-18(19)23(26)25(22)17-9-5-4-6-10-17/h4-15,22,24H,3H2,1-2H3. The maximum absolute atomic E-state index is 13.4. The first-order valence-corrected chi connectivity index (χ1v) is 9.28. The van der Waals surface area contributed by atoms with E-state index in [1.807, 2.05) is 79.7 Å². The molecule has 0 spiro atoms. The van der Waals surface area contributed by atoms with Crippen LogP contribution in [0, 0.1) is 0 Å². The van der Waals surface area contributed by atoms with E-state index < -0.39 is 0 Å². The summed E-state index contributed by atoms with van der Waals surface area (Å²) in [4.78, 5) is 15.1. The molecule has 5 nitrogen and oxygen atoms in total. The van der Waals surface area contributed by atoms with Crippen LogP contribution in [0.5, 0.6) is 11.5 Å². The van der Waals surface area contributed by atoms with Gasteiger partial charge in [-0.15, -0.1) is 0 Å². The first-order valence-electron chi connectivity index (χ1n) is 9.28. The molecule has 4 rings (SSSR count). The molecular weight excluding hydrogens is 352 g/mol. The van der Waals surface area contributed by atoms with Crippen LogP contribution in [-0.4, -0.2) is 19.6 Å². The summed E-state index contributed by atoms with van der Waals surface area (Å²) in [7, 11) is 1.62. The van der Waals surface area contributed by atoms with Gasteiger partial charge in [0.25, 0.3) is 5.91 Å². The lowest BCUT2D eigenvalue weighted by Crippen LogP contribution is -2.43. The van der Waals surface area contributed by atoms with Crippen molar-refractivity contribution in [2.24, 2.45) is 0 Å². The van der Waals surface area contributed by atoms with E-state index >= 15 is 0 Å². The van der Waals surface area contributed by atoms with Crippen molar-refractivity contribution in [3.63, 3.8) is 0 Å². The Morgan fingerprint density at radius 2 is 1.71 bits per heavy atom. The van der Waals surface area contributed by atoms with E-state index in [0.29, 0.717) is 23.7 Å². The quantitative estimate of drug-likeness (QED) is 0.693. The molecule has 0 bridgehead atoms. The van der Waals surface area contributed by atoms with Crippen LogP contribution in [0.15, 0.2) is 72.8 Å². The van der Waals surface area contributed by atoms with Crippen LogP contribution in [0.2, 0.25) is 0 Å². The van der Waals surface area contributed by atoms with Crippen molar-refractivity contribution in [3.8, 4) is 11.5 Å². The van der Waals surface area contributed by atoms with Gasteiger partial charge in [0, 0.05) is 11.4 Å². The molecular formula is C23H22N2O3. The largest absolute Gasteiger partial charge is 0.493 e. The van der Waals surface area contributed by atoms with Gasteiger partial charge in [0.15, 0.2) is 11.5 Å². The van der Waals surface area contributed by atoms with Gasteiger partial charge in [-0.2, -0.15) is 0 Å². The molecule has 142 valence electrons. The van der Waals surface area contributed by atoms with E-state index in [-0.39, 0.29) is 12.1 Å². The average Bonchev–Trinajstić information content (AvgIpc) is 2.74. The average molecular weight is 374 g/mol. The van der Waals surface area contributed by atoms with Gasteiger partial charge in [0.1, 0.15) is 6.17 Å². The lowest BCUT2D eigenvalue weighted by atomic mass is 10.0. The third-order valence-corrected chi connectivity index (χ3v) is 4.76. The fourth-order valence-corrected chi connectivity index (χ4v) is 3.47. The number of carbonyl (C=O) groups is 1. The Bertz CT molecular complexity index is 988. The molecule has 1 N–H and O–H groups in total. The maximum Gasteiger partial charge on any atom is 0.262 e. The smallest absolute Gasteiger partial charge is 0.262 e. The Hall–Kier alpha value is -3.47. The van der Waals surface area contributed by atoms with Crippen LogP contribution in [0.25, 0.3) is 0 Å². The second kappa shape index (κ2) is 7.64. The predicted molar refractivity (Wildman–Crippen MR) is 110 cm³/mol. The normalized spacial score (nSPS) is 15.6. The Labute approximate surface area is 164 Å². The SMILES string of the molecule is CCOc1cc(C2Nc3ccccc3C(=O)N2c2ccccc2)ccc1OC. The van der Waals surface area contributed by atoms with Crippen LogP contribution < -0.4 is 19.7 Å². The van der Waals surface area contributed by atoms with Crippen LogP contribution in [-0.2, 0) is 0 Å². The molecule has 0 aromatic heterocycles. The Balaban J connectivity index is 1.83. The summed E-state index contributed by atoms with van der Waals surface area (Å²) in [6, 6.07) is 23.0. The molecule has 1 aliphatic rings. The van der Waals surface area contributed by atoms with Crippen molar-refractivity contribution in [1.29, 1.82) is 0 Å². The molecule has 1 unspecified atom stereocenters. The summed E-state index contributed by atoms with van der Waals surface area (Å²) >= 11 is 0. The van der Waals surface area contributed by atoms with E-state index in [4.69, 9.17) is 9.47 Å². The Morgan fingerprint density at radius 3 is 2.46 bits per heavy atom. The number of para-hydroxylation sites is 2. The van der Waals surface area contributed by atoms with Crippen molar-refractivity contribution in [2.75, 3.05) is 23.9 Å². The number of nitrogens with zero attached hydrogens (tertiary/aromatic N) is 1. The van der Waals surface area contributed by atoms with E-state index in [9.17, 15) is 4.79 Å². The fourth-order valence-electron chi connectivity index (χ4n) is 3.47. The predicted octanol–water partition coefficient (Wildman–Crippen LogP) is 4.87. The highest BCUT2D eigenvalue weighted by Crippen LogP contribution is 2.39. The number of fused-ring (bicyclic) bond motifs is 1. The zero-order valence-corrected chi connectivity index (χ0v) is 15.9. The van der Waals surface area contributed by atoms with Gasteiger partial charge >= 0.3 is 0 Å². The van der Waals surface area contributed by atoms with Gasteiger partial charge in [-0.1, -0.05) is 36.4 Å². The molecule has 3 aromatic rings. The first kappa shape index (κ1) is 17.9. The summed E-state index contributed by atoms with van der Waals surface area (Å²) in [6.45, 7) is 2.46. The molecule has 28 heavy (non-hydrogen) atoms. The topological polar surface area (TPSA) is 50.8 Å². The summed E-state index contributed by atoms with van der Waals surface area (Å²) in [5.41, 5.74) is 3.21. The van der Waals surface area contributed by atoms with E-state index in [1.54, 1.807) is 12.0 Å². The first-order chi connectivity index (χ1) is 13.7. The number of hydrogen-bond donors (Lipinski definition) is 1. The van der Waals surface area contributed by atoms with Crippen LogP contribution in [0.1, 0.15) is 29.0 Å². The highest BCUT2D eigenvalue weighted by atomic mass is 16.5. The summed E-state index contributed by atoms with van der Waals surface area (Å²) in [5, 5.41) is 3.51. The molecule has 1 amide bonds. The van der Waals surface area contributed by atoms with Crippen molar-refractivity contribution in [3.05, 3.63) is 83.9 Å². The highest BCUT2D eigenvalue weighted by molar-refractivity contribution is 6.12. The molecule has 1 aliphatic heterocycles. The maximum atomic E-state index is 13.4. The molecule has 0 aliphatic carbocycles. The molecule has 3 aromatic carbocycles. The summed E-state index contributed by atoms with van der Waals surface area (Å²) < 4.78 is 11.1. The van der Waals surface area contributed by atoms with Crippen molar-refractivity contribution in [2.45, 2.75) is 13.1 Å². The van der Waals surface area contributed by atoms with Gasteiger partial charge < -0.3 is 14.8 Å². The molecule has 1 heterocycles. The molecule has 0 radical (unpaired) electrons. The summed E-state index contributed by atoms with van der Waals surface area (Å²) in [5.74, 6) is 1.28. The minimum atomic E-state index is -0.366. The molecule has 0 saturated heterocycles. The van der Waals surface area contributed by atoms with Gasteiger partial charge in [-0.05, 0) is 48.9 Å². The van der Waals surface area contributed by atoms with E-state index in [2.05, 4.69) is 5.32 Å². The molecule has 0 fully saturated rings. The number of ether oxygens (including phenoxy) is 2. The Morgan fingerprint density at radius 1 is 0.964 bits per heavy atom. The van der Waals surface area contributed by atoms with E-state index in [1.165, 1.54) is 0 Å². The lowest BCUT2D eigenvalue weighted by molar-refractivity contribution is 0.0975. The van der Waals surface area contributed by atoms with Gasteiger partial charge in [0.2, 0.25) is 0 Å². The second-order valence-electron chi connectivity index (χ2n) is 6.45. The number of nitrogens with one attached hydrogen (secondary N) is 1. The fraction of sp³-hybridized carbons (Fsp3) is 0.174. The third kappa shape index (κ3) is 3.16. The monoisotopic (exact) mass is 374 g/mol. The van der Waals surface area contributed by atoms with Crippen LogP contribution >= 0.6 is 0 Å². The Kier molecular flexibility index (Phi) is 4.89. The number of hydrogen-bond acceptors (Lipinski definition) is 4. The molecule has 0 saturated carbocycles. The molecule has 1 atom stereocenters. The number of carbonyl (C=O) groups excluding carboxylic acids is 1. The number of amides is 1. The summed E-state index contributed by atoms with van der Waals surface area (Å²) in [6.07, 6.45) is -0.366. The van der Waals surface area contributed by atoms with Gasteiger partial charge in [0.05, 0.1) is 19.3 Å². The van der Waals surface area contributed by atoms with Crippen LogP contribution in [0.3, 0.4) is 0 Å². The van der Waals surface area contributed by atoms with Crippen molar-refractivity contribution in [1.82, 2.24) is 0 Å². The molecule has 5 heteroatoms. The number of benzene rings is 3. The van der Waals surface area contributed by atoms with Crippen molar-refractivity contribution < 1.29 is 14.3 Å². The van der Waals surface area contributed by atoms with Crippen molar-refractivity contribution >= 4 is 17.3 Å². The lowest BCUT2D eigenvalue weighted by Gasteiger charge is -2.38. The van der Waals surface area contributed by atoms with E-state index in [0.717, 1.165) is 16.9 Å². The van der Waals surface area contributed by atoms with Gasteiger partial charge in [-0.3, -0.25) is 9.69 Å².